The SMILES string of the molecule is COc1ccc(NC(=O)Cn2cnc3c(-c4ccc(F)cc4)csc3c2=O)cc1Cl. The first-order valence-electron chi connectivity index (χ1n) is 8.82. The molecule has 0 aliphatic carbocycles. The van der Waals surface area contributed by atoms with Crippen LogP contribution in [-0.4, -0.2) is 22.6 Å². The quantitative estimate of drug-likeness (QED) is 0.490. The van der Waals surface area contributed by atoms with Crippen LogP contribution < -0.4 is 15.6 Å². The second kappa shape index (κ2) is 8.25. The van der Waals surface area contributed by atoms with Crippen LogP contribution in [0.15, 0.2) is 59.0 Å². The minimum Gasteiger partial charge on any atom is -0.495 e. The van der Waals surface area contributed by atoms with Gasteiger partial charge in [-0.05, 0) is 35.9 Å². The maximum absolute atomic E-state index is 13.2. The Balaban J connectivity index is 1.57. The van der Waals surface area contributed by atoms with Gasteiger partial charge in [-0.2, -0.15) is 0 Å². The highest BCUT2D eigenvalue weighted by atomic mass is 35.5. The molecule has 0 saturated heterocycles. The Labute approximate surface area is 179 Å². The van der Waals surface area contributed by atoms with Crippen molar-refractivity contribution in [3.05, 3.63) is 75.4 Å². The molecule has 0 atom stereocenters. The van der Waals surface area contributed by atoms with E-state index in [1.807, 2.05) is 0 Å². The van der Waals surface area contributed by atoms with Gasteiger partial charge >= 0.3 is 0 Å². The van der Waals surface area contributed by atoms with Crippen molar-refractivity contribution in [2.75, 3.05) is 12.4 Å². The fourth-order valence-corrected chi connectivity index (χ4v) is 4.22. The van der Waals surface area contributed by atoms with Crippen molar-refractivity contribution in [3.63, 3.8) is 0 Å². The maximum Gasteiger partial charge on any atom is 0.271 e. The third-order valence-electron chi connectivity index (χ3n) is 4.45. The molecule has 30 heavy (non-hydrogen) atoms. The number of amides is 1. The van der Waals surface area contributed by atoms with E-state index >= 15 is 0 Å². The third-order valence-corrected chi connectivity index (χ3v) is 5.70. The summed E-state index contributed by atoms with van der Waals surface area (Å²) in [5, 5.41) is 4.86. The molecule has 0 bridgehead atoms. The van der Waals surface area contributed by atoms with Crippen LogP contribution in [0.2, 0.25) is 5.02 Å². The van der Waals surface area contributed by atoms with E-state index in [2.05, 4.69) is 10.3 Å². The number of benzene rings is 2. The summed E-state index contributed by atoms with van der Waals surface area (Å²) in [4.78, 5) is 29.6. The van der Waals surface area contributed by atoms with Crippen LogP contribution in [0.25, 0.3) is 21.3 Å². The summed E-state index contributed by atoms with van der Waals surface area (Å²) < 4.78 is 19.9. The van der Waals surface area contributed by atoms with E-state index in [4.69, 9.17) is 16.3 Å². The second-order valence-electron chi connectivity index (χ2n) is 6.41. The Morgan fingerprint density at radius 2 is 2.03 bits per heavy atom. The largest absolute Gasteiger partial charge is 0.495 e. The van der Waals surface area contributed by atoms with E-state index in [9.17, 15) is 14.0 Å². The number of nitrogens with one attached hydrogen (secondary N) is 1. The normalized spacial score (nSPS) is 10.9. The van der Waals surface area contributed by atoms with E-state index in [0.717, 1.165) is 11.1 Å². The molecule has 1 N–H and O–H groups in total. The van der Waals surface area contributed by atoms with Crippen LogP contribution in [0, 0.1) is 5.82 Å². The van der Waals surface area contributed by atoms with Crippen LogP contribution >= 0.6 is 22.9 Å². The standard InChI is InChI=1S/C21H15ClFN3O3S/c1-29-17-7-6-14(8-16(17)22)25-18(27)9-26-11-24-19-15(10-30-20(19)21(26)28)12-2-4-13(23)5-3-12/h2-8,10-11H,9H2,1H3,(H,25,27). The molecule has 9 heteroatoms. The van der Waals surface area contributed by atoms with Gasteiger partial charge in [0.2, 0.25) is 5.91 Å². The number of rotatable bonds is 5. The molecule has 2 heterocycles. The first-order valence-corrected chi connectivity index (χ1v) is 10.1. The maximum atomic E-state index is 13.2. The van der Waals surface area contributed by atoms with Crippen LogP contribution in [-0.2, 0) is 11.3 Å². The lowest BCUT2D eigenvalue weighted by molar-refractivity contribution is -0.116. The van der Waals surface area contributed by atoms with Gasteiger partial charge < -0.3 is 10.1 Å². The molecular weight excluding hydrogens is 429 g/mol. The average Bonchev–Trinajstić information content (AvgIpc) is 3.16. The van der Waals surface area contributed by atoms with E-state index in [0.29, 0.717) is 26.7 Å². The number of hydrogen-bond acceptors (Lipinski definition) is 5. The lowest BCUT2D eigenvalue weighted by Crippen LogP contribution is -2.27. The van der Waals surface area contributed by atoms with Crippen molar-refractivity contribution in [2.45, 2.75) is 6.54 Å². The molecule has 4 rings (SSSR count). The molecule has 0 aliphatic heterocycles. The lowest BCUT2D eigenvalue weighted by atomic mass is 10.1. The second-order valence-corrected chi connectivity index (χ2v) is 7.70. The summed E-state index contributed by atoms with van der Waals surface area (Å²) in [5.41, 5.74) is 2.21. The number of nitrogens with zero attached hydrogens (tertiary/aromatic N) is 2. The Kier molecular flexibility index (Phi) is 5.52. The highest BCUT2D eigenvalue weighted by molar-refractivity contribution is 7.17. The predicted octanol–water partition coefficient (Wildman–Crippen LogP) is 4.56. The molecule has 6 nitrogen and oxygen atoms in total. The van der Waals surface area contributed by atoms with Gasteiger partial charge in [-0.3, -0.25) is 14.2 Å². The van der Waals surface area contributed by atoms with Crippen LogP contribution in [0.1, 0.15) is 0 Å². The molecule has 1 amide bonds. The van der Waals surface area contributed by atoms with Gasteiger partial charge in [0.25, 0.3) is 5.56 Å². The van der Waals surface area contributed by atoms with Crippen molar-refractivity contribution in [1.82, 2.24) is 9.55 Å². The molecule has 0 spiro atoms. The highest BCUT2D eigenvalue weighted by Crippen LogP contribution is 2.31. The van der Waals surface area contributed by atoms with Crippen LogP contribution in [0.4, 0.5) is 10.1 Å². The number of hydrogen-bond donors (Lipinski definition) is 1. The fraction of sp³-hybridized carbons (Fsp3) is 0.0952. The molecule has 2 aromatic heterocycles. The molecular formula is C21H15ClFN3O3S. The van der Waals surface area contributed by atoms with Gasteiger partial charge in [0, 0.05) is 16.6 Å². The number of anilines is 1. The van der Waals surface area contributed by atoms with Crippen molar-refractivity contribution in [3.8, 4) is 16.9 Å². The van der Waals surface area contributed by atoms with E-state index < -0.39 is 5.91 Å². The van der Waals surface area contributed by atoms with Crippen molar-refractivity contribution >= 4 is 44.7 Å². The van der Waals surface area contributed by atoms with Gasteiger partial charge in [0.15, 0.2) is 0 Å². The topological polar surface area (TPSA) is 73.2 Å². The Morgan fingerprint density at radius 3 is 2.73 bits per heavy atom. The number of carbonyl (C=O) groups excluding carboxylic acids is 1. The Hall–Kier alpha value is -3.23. The third kappa shape index (κ3) is 3.92. The van der Waals surface area contributed by atoms with Gasteiger partial charge in [0.1, 0.15) is 22.8 Å². The zero-order valence-corrected chi connectivity index (χ0v) is 17.3. The molecule has 0 fully saturated rings. The summed E-state index contributed by atoms with van der Waals surface area (Å²) in [5.74, 6) is -0.234. The number of aromatic nitrogens is 2. The van der Waals surface area contributed by atoms with Gasteiger partial charge in [-0.1, -0.05) is 23.7 Å². The summed E-state index contributed by atoms with van der Waals surface area (Å²) in [6.07, 6.45) is 1.34. The molecule has 152 valence electrons. The van der Waals surface area contributed by atoms with Crippen molar-refractivity contribution in [1.29, 1.82) is 0 Å². The molecule has 0 radical (unpaired) electrons. The van der Waals surface area contributed by atoms with E-state index in [1.165, 1.54) is 41.5 Å². The number of fused-ring (bicyclic) bond motifs is 1. The average molecular weight is 444 g/mol. The smallest absolute Gasteiger partial charge is 0.271 e. The molecule has 4 aromatic rings. The van der Waals surface area contributed by atoms with Gasteiger partial charge in [-0.15, -0.1) is 11.3 Å². The minimum atomic E-state index is -0.394. The number of ether oxygens (including phenoxy) is 1. The van der Waals surface area contributed by atoms with Gasteiger partial charge in [-0.25, -0.2) is 9.37 Å². The number of thiophene rings is 1. The monoisotopic (exact) mass is 443 g/mol. The summed E-state index contributed by atoms with van der Waals surface area (Å²) in [6.45, 7) is -0.199. The van der Waals surface area contributed by atoms with Crippen molar-refractivity contribution < 1.29 is 13.9 Å². The summed E-state index contributed by atoms with van der Waals surface area (Å²) in [6, 6.07) is 10.8. The number of carbonyl (C=O) groups is 1. The van der Waals surface area contributed by atoms with Crippen molar-refractivity contribution in [2.24, 2.45) is 0 Å². The summed E-state index contributed by atoms with van der Waals surface area (Å²) >= 11 is 7.30. The number of methoxy groups -OCH3 is 1. The van der Waals surface area contributed by atoms with E-state index in [1.54, 1.807) is 35.7 Å². The first kappa shape index (κ1) is 20.1. The van der Waals surface area contributed by atoms with Gasteiger partial charge in [0.05, 0.1) is 24.0 Å². The highest BCUT2D eigenvalue weighted by Gasteiger charge is 2.14. The zero-order valence-electron chi connectivity index (χ0n) is 15.7. The molecule has 0 saturated carbocycles. The number of halogens is 2. The fourth-order valence-electron chi connectivity index (χ4n) is 2.99. The lowest BCUT2D eigenvalue weighted by Gasteiger charge is -2.09. The molecule has 0 aliphatic rings. The van der Waals surface area contributed by atoms with Crippen LogP contribution in [0.5, 0.6) is 5.75 Å². The zero-order chi connectivity index (χ0) is 21.3. The summed E-state index contributed by atoms with van der Waals surface area (Å²) in [7, 11) is 1.50. The first-order chi connectivity index (χ1) is 14.5. The Bertz CT molecular complexity index is 1300. The van der Waals surface area contributed by atoms with Crippen LogP contribution in [0.3, 0.4) is 0 Å². The molecule has 2 aromatic carbocycles. The predicted molar refractivity (Wildman–Crippen MR) is 116 cm³/mol. The molecule has 0 unspecified atom stereocenters. The Morgan fingerprint density at radius 1 is 1.27 bits per heavy atom. The minimum absolute atomic E-state index is 0.199. The van der Waals surface area contributed by atoms with E-state index in [-0.39, 0.29) is 17.9 Å².